The van der Waals surface area contributed by atoms with E-state index in [0.29, 0.717) is 18.0 Å². The second-order valence-electron chi connectivity index (χ2n) is 15.1. The molecule has 0 atom stereocenters. The van der Waals surface area contributed by atoms with Gasteiger partial charge in [-0.05, 0) is 46.0 Å². The summed E-state index contributed by atoms with van der Waals surface area (Å²) in [4.78, 5) is 4.63. The van der Waals surface area contributed by atoms with Gasteiger partial charge in [0.05, 0.1) is 5.69 Å². The average molecular weight is 847 g/mol. The standard InChI is InChI=1S/C46H41N3O.Pt/c1-45(2,3)32-15-13-17-34(29-32)49-40-21-9-7-19-37(40)38-26-25-36(31-44(38)49)50-35-18-14-16-33(30-35)47-27-28-48(43-24-12-11-23-42(43)47)41-22-10-8-20-39(41)46(4,5)6;/h7-16,18-26,28-29H,27H2,1-6H3;/q-4;+4. The summed E-state index contributed by atoms with van der Waals surface area (Å²) in [5, 5.41) is 2.30. The van der Waals surface area contributed by atoms with Gasteiger partial charge in [0.25, 0.3) is 0 Å². The molecule has 0 saturated carbocycles. The van der Waals surface area contributed by atoms with Crippen molar-refractivity contribution in [3.8, 4) is 17.2 Å². The van der Waals surface area contributed by atoms with Crippen LogP contribution in [0.4, 0.5) is 22.7 Å². The van der Waals surface area contributed by atoms with E-state index in [1.54, 1.807) is 0 Å². The van der Waals surface area contributed by atoms with Crippen molar-refractivity contribution in [3.63, 3.8) is 0 Å². The Morgan fingerprint density at radius 1 is 0.627 bits per heavy atom. The molecule has 0 bridgehead atoms. The quantitative estimate of drug-likeness (QED) is 0.161. The Bertz CT molecular complexity index is 2360. The minimum Gasteiger partial charge on any atom is -0.509 e. The number of para-hydroxylation sites is 4. The maximum Gasteiger partial charge on any atom is 4.00 e. The average Bonchev–Trinajstić information content (AvgIpc) is 3.44. The first-order chi connectivity index (χ1) is 24.1. The van der Waals surface area contributed by atoms with Gasteiger partial charge in [-0.25, -0.2) is 6.54 Å². The van der Waals surface area contributed by atoms with E-state index < -0.39 is 0 Å². The summed E-state index contributed by atoms with van der Waals surface area (Å²) >= 11 is 0. The van der Waals surface area contributed by atoms with Gasteiger partial charge in [0.1, 0.15) is 0 Å². The molecular weight excluding hydrogens is 806 g/mol. The normalized spacial score (nSPS) is 13.3. The minimum absolute atomic E-state index is 0. The Balaban J connectivity index is 0.00000406. The van der Waals surface area contributed by atoms with Crippen LogP contribution in [0.1, 0.15) is 52.7 Å². The third-order valence-corrected chi connectivity index (χ3v) is 9.56. The van der Waals surface area contributed by atoms with Crippen LogP contribution in [-0.4, -0.2) is 11.1 Å². The van der Waals surface area contributed by atoms with Crippen molar-refractivity contribution in [2.45, 2.75) is 52.4 Å². The molecule has 0 spiro atoms. The molecule has 51 heavy (non-hydrogen) atoms. The molecule has 1 aliphatic rings. The van der Waals surface area contributed by atoms with Crippen LogP contribution in [0.2, 0.25) is 0 Å². The smallest absolute Gasteiger partial charge is 0.509 e. The molecule has 2 heterocycles. The van der Waals surface area contributed by atoms with Crippen LogP contribution < -0.4 is 14.5 Å². The molecule has 0 saturated heterocycles. The third-order valence-electron chi connectivity index (χ3n) is 9.56. The van der Waals surface area contributed by atoms with Crippen molar-refractivity contribution >= 4 is 44.6 Å². The van der Waals surface area contributed by atoms with Crippen molar-refractivity contribution in [3.05, 3.63) is 157 Å². The van der Waals surface area contributed by atoms with E-state index in [0.717, 1.165) is 39.2 Å². The molecule has 1 aromatic heterocycles. The maximum atomic E-state index is 6.53. The van der Waals surface area contributed by atoms with Gasteiger partial charge in [0.15, 0.2) is 0 Å². The molecule has 0 N–H and O–H groups in total. The Kier molecular flexibility index (Phi) is 9.10. The number of hydrogen-bond acceptors (Lipinski definition) is 3. The van der Waals surface area contributed by atoms with Crippen molar-refractivity contribution in [2.24, 2.45) is 0 Å². The number of ether oxygens (including phenoxy) is 1. The summed E-state index contributed by atoms with van der Waals surface area (Å²) < 4.78 is 8.78. The van der Waals surface area contributed by atoms with Crippen molar-refractivity contribution < 1.29 is 25.8 Å². The van der Waals surface area contributed by atoms with Gasteiger partial charge in [-0.1, -0.05) is 114 Å². The number of aromatic nitrogens is 1. The predicted molar refractivity (Wildman–Crippen MR) is 208 cm³/mol. The molecule has 0 fully saturated rings. The van der Waals surface area contributed by atoms with E-state index in [1.165, 1.54) is 22.2 Å². The van der Waals surface area contributed by atoms with Gasteiger partial charge in [0, 0.05) is 28.4 Å². The van der Waals surface area contributed by atoms with Crippen molar-refractivity contribution in [1.29, 1.82) is 0 Å². The van der Waals surface area contributed by atoms with Gasteiger partial charge in [-0.3, -0.25) is 0 Å². The molecule has 5 heteroatoms. The molecule has 0 aliphatic carbocycles. The third kappa shape index (κ3) is 6.47. The molecular formula is C46H41N3OPt. The number of fused-ring (bicyclic) bond motifs is 4. The number of rotatable bonds is 5. The summed E-state index contributed by atoms with van der Waals surface area (Å²) in [6.07, 6.45) is 0. The van der Waals surface area contributed by atoms with E-state index in [9.17, 15) is 0 Å². The molecule has 256 valence electrons. The SMILES string of the molecule is CC(C)(C)c1cc[c-]c(-n2c3[c-]c(Oc4[c-]c(N5C[CH-]N(c6ccccc6C(C)(C)C)c6ccccc65)ccc4)ccc3c3ccccc32)c1.[Pt+4]. The maximum absolute atomic E-state index is 6.53. The van der Waals surface area contributed by atoms with E-state index in [-0.39, 0.29) is 31.9 Å². The summed E-state index contributed by atoms with van der Waals surface area (Å²) in [7, 11) is 0. The van der Waals surface area contributed by atoms with Crippen LogP contribution in [-0.2, 0) is 31.9 Å². The van der Waals surface area contributed by atoms with Crippen LogP contribution in [0.25, 0.3) is 27.5 Å². The molecule has 4 nitrogen and oxygen atoms in total. The Morgan fingerprint density at radius 2 is 1.33 bits per heavy atom. The van der Waals surface area contributed by atoms with Gasteiger partial charge >= 0.3 is 21.1 Å². The number of hydrogen-bond donors (Lipinski definition) is 0. The zero-order valence-electron chi connectivity index (χ0n) is 29.9. The second kappa shape index (κ2) is 13.4. The molecule has 0 unspecified atom stereocenters. The first kappa shape index (κ1) is 34.6. The number of benzene rings is 6. The fourth-order valence-electron chi connectivity index (χ4n) is 7.04. The predicted octanol–water partition coefficient (Wildman–Crippen LogP) is 12.0. The van der Waals surface area contributed by atoms with Crippen LogP contribution in [0.5, 0.6) is 11.5 Å². The van der Waals surface area contributed by atoms with Crippen LogP contribution in [0, 0.1) is 24.7 Å². The Hall–Kier alpha value is -4.79. The minimum atomic E-state index is 0. The zero-order valence-corrected chi connectivity index (χ0v) is 32.2. The second-order valence-corrected chi connectivity index (χ2v) is 15.1. The van der Waals surface area contributed by atoms with E-state index in [2.05, 4.69) is 178 Å². The van der Waals surface area contributed by atoms with Crippen LogP contribution >= 0.6 is 0 Å². The van der Waals surface area contributed by atoms with E-state index >= 15 is 0 Å². The van der Waals surface area contributed by atoms with Crippen molar-refractivity contribution in [2.75, 3.05) is 16.3 Å². The first-order valence-corrected chi connectivity index (χ1v) is 17.3. The molecule has 0 radical (unpaired) electrons. The molecule has 7 aromatic rings. The molecule has 0 amide bonds. The molecule has 1 aliphatic heterocycles. The van der Waals surface area contributed by atoms with Gasteiger partial charge < -0.3 is 19.1 Å². The Morgan fingerprint density at radius 3 is 2.12 bits per heavy atom. The van der Waals surface area contributed by atoms with Gasteiger partial charge in [-0.15, -0.1) is 41.8 Å². The largest absolute Gasteiger partial charge is 4.00 e. The van der Waals surface area contributed by atoms with Crippen LogP contribution in [0.3, 0.4) is 0 Å². The summed E-state index contributed by atoms with van der Waals surface area (Å²) in [5.41, 5.74) is 10.1. The molecule has 8 rings (SSSR count). The van der Waals surface area contributed by atoms with Gasteiger partial charge in [-0.2, -0.15) is 35.9 Å². The first-order valence-electron chi connectivity index (χ1n) is 17.3. The fraction of sp³-hybridized carbons (Fsp3) is 0.196. The monoisotopic (exact) mass is 846 g/mol. The summed E-state index contributed by atoms with van der Waals surface area (Å²) in [6.45, 7) is 16.5. The van der Waals surface area contributed by atoms with E-state index in [4.69, 9.17) is 4.74 Å². The van der Waals surface area contributed by atoms with Crippen LogP contribution in [0.15, 0.2) is 121 Å². The Labute approximate surface area is 316 Å². The zero-order chi connectivity index (χ0) is 34.6. The summed E-state index contributed by atoms with van der Waals surface area (Å²) in [5.74, 6) is 1.28. The fourth-order valence-corrected chi connectivity index (χ4v) is 7.04. The topological polar surface area (TPSA) is 20.6 Å². The summed E-state index contributed by atoms with van der Waals surface area (Å²) in [6, 6.07) is 53.1. The number of anilines is 4. The number of nitrogens with zero attached hydrogens (tertiary/aromatic N) is 3. The van der Waals surface area contributed by atoms with Gasteiger partial charge in [0.2, 0.25) is 0 Å². The van der Waals surface area contributed by atoms with E-state index in [1.807, 2.05) is 24.3 Å². The molecule has 6 aromatic carbocycles. The van der Waals surface area contributed by atoms with Crippen molar-refractivity contribution in [1.82, 2.24) is 4.57 Å².